The first-order valence-corrected chi connectivity index (χ1v) is 6.56. The zero-order chi connectivity index (χ0) is 15.2. The lowest BCUT2D eigenvalue weighted by molar-refractivity contribution is 0.0689. The molecule has 1 heterocycles. The summed E-state index contributed by atoms with van der Waals surface area (Å²) in [6.45, 7) is 0.601. The fraction of sp³-hybridized carbons (Fsp3) is 0.357. The second kappa shape index (κ2) is 6.94. The fourth-order valence-corrected chi connectivity index (χ4v) is 2.05. The molecule has 0 fully saturated rings. The molecule has 21 heavy (non-hydrogen) atoms. The third kappa shape index (κ3) is 3.63. The number of nitrogens with zero attached hydrogens (tertiary/aromatic N) is 3. The van der Waals surface area contributed by atoms with Crippen molar-refractivity contribution in [1.82, 2.24) is 15.0 Å². The maximum Gasteiger partial charge on any atom is 0.358 e. The average Bonchev–Trinajstić information content (AvgIpc) is 2.87. The van der Waals surface area contributed by atoms with Gasteiger partial charge in [0.05, 0.1) is 11.4 Å². The topological polar surface area (TPSA) is 77.2 Å². The number of carboxylic acid groups (broad SMARTS) is 1. The molecule has 0 radical (unpaired) electrons. The van der Waals surface area contributed by atoms with E-state index in [1.807, 2.05) is 0 Å². The van der Waals surface area contributed by atoms with Gasteiger partial charge in [0.15, 0.2) is 5.69 Å². The fourth-order valence-electron chi connectivity index (χ4n) is 2.05. The van der Waals surface area contributed by atoms with E-state index in [1.54, 1.807) is 19.2 Å². The minimum Gasteiger partial charge on any atom is -0.476 e. The summed E-state index contributed by atoms with van der Waals surface area (Å²) in [5.74, 6) is -1.55. The number of unbranched alkanes of at least 4 members (excludes halogenated alkanes) is 1. The van der Waals surface area contributed by atoms with Gasteiger partial charge in [0.1, 0.15) is 5.82 Å². The van der Waals surface area contributed by atoms with E-state index in [0.29, 0.717) is 24.4 Å². The molecule has 1 aromatic heterocycles. The standard InChI is InChI=1S/C14H16FN3O3/c1-21-8-3-2-7-12-13(14(19)20)16-17-18(12)11-6-4-5-10(15)9-11/h4-6,9H,2-3,7-8H2,1H3,(H,19,20). The molecule has 0 aliphatic heterocycles. The highest BCUT2D eigenvalue weighted by Crippen LogP contribution is 2.16. The third-order valence-electron chi connectivity index (χ3n) is 3.03. The van der Waals surface area contributed by atoms with Crippen LogP contribution in [0.1, 0.15) is 29.0 Å². The quantitative estimate of drug-likeness (QED) is 0.791. The van der Waals surface area contributed by atoms with Crippen LogP contribution in [0.4, 0.5) is 4.39 Å². The largest absolute Gasteiger partial charge is 0.476 e. The second-order valence-electron chi connectivity index (χ2n) is 4.53. The second-order valence-corrected chi connectivity index (χ2v) is 4.53. The van der Waals surface area contributed by atoms with Crippen LogP contribution in [-0.2, 0) is 11.2 Å². The first-order chi connectivity index (χ1) is 10.1. The van der Waals surface area contributed by atoms with Gasteiger partial charge in [-0.3, -0.25) is 0 Å². The molecule has 0 aliphatic rings. The molecular weight excluding hydrogens is 277 g/mol. The van der Waals surface area contributed by atoms with Gasteiger partial charge in [0, 0.05) is 13.7 Å². The first kappa shape index (κ1) is 15.1. The predicted octanol–water partition coefficient (Wildman–Crippen LogP) is 2.07. The Kier molecular flexibility index (Phi) is 4.99. The number of carbonyl (C=O) groups is 1. The van der Waals surface area contributed by atoms with Gasteiger partial charge >= 0.3 is 5.97 Å². The molecule has 0 unspecified atom stereocenters. The van der Waals surface area contributed by atoms with Crippen LogP contribution in [0, 0.1) is 5.82 Å². The third-order valence-corrected chi connectivity index (χ3v) is 3.03. The van der Waals surface area contributed by atoms with Gasteiger partial charge in [0.2, 0.25) is 0 Å². The maximum absolute atomic E-state index is 13.3. The molecule has 0 bridgehead atoms. The smallest absolute Gasteiger partial charge is 0.358 e. The summed E-state index contributed by atoms with van der Waals surface area (Å²) in [4.78, 5) is 11.2. The van der Waals surface area contributed by atoms with Crippen LogP contribution in [0.2, 0.25) is 0 Å². The molecule has 7 heteroatoms. The van der Waals surface area contributed by atoms with Gasteiger partial charge < -0.3 is 9.84 Å². The Bertz CT molecular complexity index is 628. The van der Waals surface area contributed by atoms with E-state index in [4.69, 9.17) is 9.84 Å². The van der Waals surface area contributed by atoms with Crippen molar-refractivity contribution in [2.24, 2.45) is 0 Å². The summed E-state index contributed by atoms with van der Waals surface area (Å²) in [5.41, 5.74) is 0.817. The molecule has 1 N–H and O–H groups in total. The number of halogens is 1. The van der Waals surface area contributed by atoms with Crippen LogP contribution in [0.15, 0.2) is 24.3 Å². The summed E-state index contributed by atoms with van der Waals surface area (Å²) < 4.78 is 19.6. The number of hydrogen-bond donors (Lipinski definition) is 1. The monoisotopic (exact) mass is 293 g/mol. The number of rotatable bonds is 7. The number of benzene rings is 1. The lowest BCUT2D eigenvalue weighted by atomic mass is 10.1. The molecule has 0 amide bonds. The summed E-state index contributed by atoms with van der Waals surface area (Å²) in [6.07, 6.45) is 2.01. The van der Waals surface area contributed by atoms with Gasteiger partial charge in [0.25, 0.3) is 0 Å². The summed E-state index contributed by atoms with van der Waals surface area (Å²) >= 11 is 0. The Morgan fingerprint density at radius 1 is 1.43 bits per heavy atom. The minimum atomic E-state index is -1.14. The minimum absolute atomic E-state index is 0.100. The Morgan fingerprint density at radius 3 is 2.90 bits per heavy atom. The zero-order valence-electron chi connectivity index (χ0n) is 11.6. The molecule has 0 atom stereocenters. The predicted molar refractivity (Wildman–Crippen MR) is 73.1 cm³/mol. The Morgan fingerprint density at radius 2 is 2.24 bits per heavy atom. The average molecular weight is 293 g/mol. The van der Waals surface area contributed by atoms with Gasteiger partial charge in [-0.1, -0.05) is 11.3 Å². The SMILES string of the molecule is COCCCCc1c(C(=O)O)nnn1-c1cccc(F)c1. The molecule has 112 valence electrons. The number of hydrogen-bond acceptors (Lipinski definition) is 4. The summed E-state index contributed by atoms with van der Waals surface area (Å²) in [5, 5.41) is 16.7. The lowest BCUT2D eigenvalue weighted by Gasteiger charge is -2.07. The molecule has 0 spiro atoms. The summed E-state index contributed by atoms with van der Waals surface area (Å²) in [7, 11) is 1.61. The molecule has 0 saturated heterocycles. The van der Waals surface area contributed by atoms with Crippen LogP contribution in [0.3, 0.4) is 0 Å². The van der Waals surface area contributed by atoms with Gasteiger partial charge in [-0.2, -0.15) is 0 Å². The highest BCUT2D eigenvalue weighted by Gasteiger charge is 2.19. The van der Waals surface area contributed by atoms with Crippen molar-refractivity contribution in [1.29, 1.82) is 0 Å². The van der Waals surface area contributed by atoms with Crippen molar-refractivity contribution in [2.75, 3.05) is 13.7 Å². The van der Waals surface area contributed by atoms with Crippen LogP contribution < -0.4 is 0 Å². The van der Waals surface area contributed by atoms with E-state index in [1.165, 1.54) is 16.8 Å². The molecule has 1 aromatic carbocycles. The molecule has 0 saturated carbocycles. The lowest BCUT2D eigenvalue weighted by Crippen LogP contribution is -2.07. The maximum atomic E-state index is 13.3. The normalized spacial score (nSPS) is 10.8. The number of carboxylic acids is 1. The van der Waals surface area contributed by atoms with Crippen LogP contribution in [0.25, 0.3) is 5.69 Å². The van der Waals surface area contributed by atoms with Crippen molar-refractivity contribution in [2.45, 2.75) is 19.3 Å². The highest BCUT2D eigenvalue weighted by atomic mass is 19.1. The molecule has 2 rings (SSSR count). The number of ether oxygens (including phenoxy) is 1. The number of aromatic nitrogens is 3. The van der Waals surface area contributed by atoms with Crippen LogP contribution >= 0.6 is 0 Å². The number of aromatic carboxylic acids is 1. The molecular formula is C14H16FN3O3. The Labute approximate surface area is 121 Å². The van der Waals surface area contributed by atoms with Crippen molar-refractivity contribution < 1.29 is 19.0 Å². The Hall–Kier alpha value is -2.28. The molecule has 2 aromatic rings. The van der Waals surface area contributed by atoms with E-state index in [2.05, 4.69) is 10.3 Å². The molecule has 6 nitrogen and oxygen atoms in total. The molecule has 0 aliphatic carbocycles. The van der Waals surface area contributed by atoms with Gasteiger partial charge in [-0.15, -0.1) is 5.10 Å². The van der Waals surface area contributed by atoms with Gasteiger partial charge in [-0.05, 0) is 37.5 Å². The van der Waals surface area contributed by atoms with Crippen LogP contribution in [-0.4, -0.2) is 39.8 Å². The van der Waals surface area contributed by atoms with Crippen molar-refractivity contribution in [3.63, 3.8) is 0 Å². The van der Waals surface area contributed by atoms with Crippen molar-refractivity contribution in [3.05, 3.63) is 41.5 Å². The Balaban J connectivity index is 2.30. The van der Waals surface area contributed by atoms with Crippen LogP contribution in [0.5, 0.6) is 0 Å². The van der Waals surface area contributed by atoms with Gasteiger partial charge in [-0.25, -0.2) is 13.9 Å². The number of methoxy groups -OCH3 is 1. The van der Waals surface area contributed by atoms with E-state index >= 15 is 0 Å². The summed E-state index contributed by atoms with van der Waals surface area (Å²) in [6, 6.07) is 5.80. The highest BCUT2D eigenvalue weighted by molar-refractivity contribution is 5.86. The zero-order valence-corrected chi connectivity index (χ0v) is 11.6. The van der Waals surface area contributed by atoms with E-state index < -0.39 is 11.8 Å². The first-order valence-electron chi connectivity index (χ1n) is 6.56. The van der Waals surface area contributed by atoms with E-state index in [-0.39, 0.29) is 5.69 Å². The van der Waals surface area contributed by atoms with E-state index in [0.717, 1.165) is 12.8 Å². The van der Waals surface area contributed by atoms with Crippen molar-refractivity contribution >= 4 is 5.97 Å². The van der Waals surface area contributed by atoms with Crippen molar-refractivity contribution in [3.8, 4) is 5.69 Å². The van der Waals surface area contributed by atoms with E-state index in [9.17, 15) is 9.18 Å².